The monoisotopic (exact) mass is 499 g/mol. The summed E-state index contributed by atoms with van der Waals surface area (Å²) in [5.74, 6) is 0.145. The van der Waals surface area contributed by atoms with Gasteiger partial charge >= 0.3 is 0 Å². The van der Waals surface area contributed by atoms with E-state index >= 15 is 0 Å². The first-order valence-electron chi connectivity index (χ1n) is 10.5. The molecule has 3 aromatic carbocycles. The van der Waals surface area contributed by atoms with E-state index in [0.29, 0.717) is 42.5 Å². The number of amides is 1. The van der Waals surface area contributed by atoms with Crippen LogP contribution < -0.4 is 20.1 Å². The lowest BCUT2D eigenvalue weighted by Crippen LogP contribution is -2.34. The number of nitrogens with one attached hydrogen (secondary N) is 3. The van der Waals surface area contributed by atoms with E-state index in [9.17, 15) is 13.2 Å². The smallest absolute Gasteiger partial charge is 0.261 e. The molecule has 3 N–H and O–H groups in total. The summed E-state index contributed by atoms with van der Waals surface area (Å²) < 4.78 is 38.4. The Kier molecular flexibility index (Phi) is 8.97. The minimum absolute atomic E-state index is 0.0747. The van der Waals surface area contributed by atoms with Crippen molar-refractivity contribution in [2.75, 3.05) is 29.9 Å². The summed E-state index contributed by atoms with van der Waals surface area (Å²) in [7, 11) is -3.73. The SMILES string of the molecule is CCOCCOc1cccc(C(=O)NC(=S)Nc2ccc(S(=O)(=O)Nc3ccccc3)cc2)c1. The Balaban J connectivity index is 1.55. The van der Waals surface area contributed by atoms with Gasteiger partial charge in [-0.3, -0.25) is 14.8 Å². The summed E-state index contributed by atoms with van der Waals surface area (Å²) in [6, 6.07) is 21.3. The minimum atomic E-state index is -3.73. The summed E-state index contributed by atoms with van der Waals surface area (Å²) in [5.41, 5.74) is 1.38. The third-order valence-electron chi connectivity index (χ3n) is 4.47. The van der Waals surface area contributed by atoms with E-state index in [1.807, 2.05) is 6.92 Å². The predicted octanol–water partition coefficient (Wildman–Crippen LogP) is 4.03. The Morgan fingerprint density at radius 3 is 2.35 bits per heavy atom. The van der Waals surface area contributed by atoms with Crippen molar-refractivity contribution in [1.29, 1.82) is 0 Å². The maximum Gasteiger partial charge on any atom is 0.261 e. The van der Waals surface area contributed by atoms with Gasteiger partial charge in [-0.05, 0) is 73.7 Å². The molecule has 3 rings (SSSR count). The van der Waals surface area contributed by atoms with E-state index in [-0.39, 0.29) is 10.0 Å². The minimum Gasteiger partial charge on any atom is -0.491 e. The second-order valence-electron chi connectivity index (χ2n) is 6.98. The fourth-order valence-corrected chi connectivity index (χ4v) is 4.13. The molecule has 0 aliphatic rings. The van der Waals surface area contributed by atoms with E-state index in [1.54, 1.807) is 66.7 Å². The third kappa shape index (κ3) is 7.55. The van der Waals surface area contributed by atoms with Crippen LogP contribution in [-0.4, -0.2) is 39.3 Å². The van der Waals surface area contributed by atoms with Gasteiger partial charge in [0.1, 0.15) is 12.4 Å². The molecule has 0 radical (unpaired) electrons. The van der Waals surface area contributed by atoms with Crippen molar-refractivity contribution in [2.24, 2.45) is 0 Å². The number of sulfonamides is 1. The van der Waals surface area contributed by atoms with Gasteiger partial charge in [-0.15, -0.1) is 0 Å². The van der Waals surface area contributed by atoms with Crippen LogP contribution in [0.15, 0.2) is 83.8 Å². The predicted molar refractivity (Wildman–Crippen MR) is 136 cm³/mol. The van der Waals surface area contributed by atoms with Gasteiger partial charge in [-0.1, -0.05) is 24.3 Å². The average Bonchev–Trinajstić information content (AvgIpc) is 2.83. The van der Waals surface area contributed by atoms with Gasteiger partial charge in [0.05, 0.1) is 11.5 Å². The van der Waals surface area contributed by atoms with Crippen LogP contribution in [0.1, 0.15) is 17.3 Å². The second-order valence-corrected chi connectivity index (χ2v) is 9.07. The van der Waals surface area contributed by atoms with E-state index in [2.05, 4.69) is 15.4 Å². The topological polar surface area (TPSA) is 106 Å². The molecule has 1 amide bonds. The maximum absolute atomic E-state index is 12.5. The van der Waals surface area contributed by atoms with E-state index in [4.69, 9.17) is 21.7 Å². The van der Waals surface area contributed by atoms with Crippen LogP contribution in [0.25, 0.3) is 0 Å². The zero-order chi connectivity index (χ0) is 24.4. The largest absolute Gasteiger partial charge is 0.491 e. The standard InChI is InChI=1S/C24H25N3O5S2/c1-2-31-15-16-32-21-10-6-7-18(17-21)23(28)26-24(33)25-19-11-13-22(14-12-19)34(29,30)27-20-8-4-3-5-9-20/h3-14,17,27H,2,15-16H2,1H3,(H2,25,26,28,33). The molecule has 0 heterocycles. The molecule has 0 spiro atoms. The maximum atomic E-state index is 12.5. The quantitative estimate of drug-likeness (QED) is 0.286. The van der Waals surface area contributed by atoms with Crippen LogP contribution in [0.5, 0.6) is 5.75 Å². The molecule has 178 valence electrons. The van der Waals surface area contributed by atoms with Crippen molar-refractivity contribution >= 4 is 44.6 Å². The number of hydrogen-bond donors (Lipinski definition) is 3. The van der Waals surface area contributed by atoms with Gasteiger partial charge in [-0.2, -0.15) is 0 Å². The second kappa shape index (κ2) is 12.1. The van der Waals surface area contributed by atoms with Gasteiger partial charge in [-0.25, -0.2) is 8.42 Å². The first-order valence-corrected chi connectivity index (χ1v) is 12.4. The van der Waals surface area contributed by atoms with Crippen LogP contribution in [0.3, 0.4) is 0 Å². The number of ether oxygens (including phenoxy) is 2. The molecular formula is C24H25N3O5S2. The van der Waals surface area contributed by atoms with Crippen molar-refractivity contribution in [1.82, 2.24) is 5.32 Å². The van der Waals surface area contributed by atoms with Crippen LogP contribution in [0.4, 0.5) is 11.4 Å². The Hall–Kier alpha value is -3.47. The lowest BCUT2D eigenvalue weighted by Gasteiger charge is -2.12. The number of carbonyl (C=O) groups excluding carboxylic acids is 1. The fourth-order valence-electron chi connectivity index (χ4n) is 2.87. The molecule has 0 unspecified atom stereocenters. The molecule has 34 heavy (non-hydrogen) atoms. The van der Waals surface area contributed by atoms with E-state index < -0.39 is 15.9 Å². The zero-order valence-electron chi connectivity index (χ0n) is 18.5. The highest BCUT2D eigenvalue weighted by Gasteiger charge is 2.14. The molecule has 0 saturated heterocycles. The first kappa shape index (κ1) is 25.2. The number of rotatable bonds is 10. The van der Waals surface area contributed by atoms with Crippen LogP contribution in [0, 0.1) is 0 Å². The molecule has 0 atom stereocenters. The molecule has 0 bridgehead atoms. The van der Waals surface area contributed by atoms with Gasteiger partial charge in [0, 0.05) is 23.5 Å². The molecule has 0 saturated carbocycles. The van der Waals surface area contributed by atoms with Crippen LogP contribution >= 0.6 is 12.2 Å². The van der Waals surface area contributed by atoms with Gasteiger partial charge in [0.15, 0.2) is 5.11 Å². The summed E-state index contributed by atoms with van der Waals surface area (Å²) >= 11 is 5.22. The molecule has 0 fully saturated rings. The molecule has 0 aromatic heterocycles. The molecular weight excluding hydrogens is 474 g/mol. The normalized spacial score (nSPS) is 10.9. The summed E-state index contributed by atoms with van der Waals surface area (Å²) in [6.45, 7) is 3.36. The van der Waals surface area contributed by atoms with E-state index in [0.717, 1.165) is 0 Å². The fraction of sp³-hybridized carbons (Fsp3) is 0.167. The van der Waals surface area contributed by atoms with Crippen molar-refractivity contribution in [3.05, 3.63) is 84.4 Å². The lowest BCUT2D eigenvalue weighted by molar-refractivity contribution is 0.0976. The van der Waals surface area contributed by atoms with Crippen LogP contribution in [0.2, 0.25) is 0 Å². The molecule has 3 aromatic rings. The first-order chi connectivity index (χ1) is 16.4. The lowest BCUT2D eigenvalue weighted by atomic mass is 10.2. The number of benzene rings is 3. The highest BCUT2D eigenvalue weighted by molar-refractivity contribution is 7.92. The zero-order valence-corrected chi connectivity index (χ0v) is 20.1. The third-order valence-corrected chi connectivity index (χ3v) is 6.07. The highest BCUT2D eigenvalue weighted by atomic mass is 32.2. The summed E-state index contributed by atoms with van der Waals surface area (Å²) in [5, 5.41) is 5.54. The Morgan fingerprint density at radius 2 is 1.65 bits per heavy atom. The average molecular weight is 500 g/mol. The number of thiocarbonyl (C=S) groups is 1. The van der Waals surface area contributed by atoms with Gasteiger partial charge in [0.2, 0.25) is 0 Å². The van der Waals surface area contributed by atoms with Crippen molar-refractivity contribution in [3.8, 4) is 5.75 Å². The summed E-state index contributed by atoms with van der Waals surface area (Å²) in [4.78, 5) is 12.6. The Bertz CT molecular complexity index is 1220. The molecule has 8 nitrogen and oxygen atoms in total. The van der Waals surface area contributed by atoms with Crippen molar-refractivity contribution in [3.63, 3.8) is 0 Å². The molecule has 0 aliphatic heterocycles. The Labute approximate surface area is 204 Å². The van der Waals surface area contributed by atoms with Gasteiger partial charge < -0.3 is 14.8 Å². The number of hydrogen-bond acceptors (Lipinski definition) is 6. The van der Waals surface area contributed by atoms with Gasteiger partial charge in [0.25, 0.3) is 15.9 Å². The van der Waals surface area contributed by atoms with Crippen molar-refractivity contribution in [2.45, 2.75) is 11.8 Å². The highest BCUT2D eigenvalue weighted by Crippen LogP contribution is 2.18. The number of para-hydroxylation sites is 1. The Morgan fingerprint density at radius 1 is 0.912 bits per heavy atom. The van der Waals surface area contributed by atoms with E-state index in [1.165, 1.54) is 12.1 Å². The van der Waals surface area contributed by atoms with Crippen molar-refractivity contribution < 1.29 is 22.7 Å². The molecule has 10 heteroatoms. The summed E-state index contributed by atoms with van der Waals surface area (Å²) in [6.07, 6.45) is 0. The molecule has 0 aliphatic carbocycles. The number of carbonyl (C=O) groups is 1. The number of anilines is 2. The van der Waals surface area contributed by atoms with Crippen LogP contribution in [-0.2, 0) is 14.8 Å².